The fourth-order valence-electron chi connectivity index (χ4n) is 10.8. The molecule has 0 aromatic carbocycles. The number of nitrogens with zero attached hydrogens (tertiary/aromatic N) is 1. The number of esters is 1. The number of carbonyl (C=O) groups is 2. The first-order chi connectivity index (χ1) is 25.4. The van der Waals surface area contributed by atoms with E-state index in [9.17, 15) is 9.59 Å². The minimum atomic E-state index is -0.598. The predicted octanol–water partition coefficient (Wildman–Crippen LogP) is 5.88. The fraction of sp³-hybridized carbons (Fsp3) is 0.857. The van der Waals surface area contributed by atoms with Gasteiger partial charge < -0.3 is 42.8 Å². The maximum Gasteiger partial charge on any atom is 0.306 e. The quantitative estimate of drug-likeness (QED) is 0.209. The molecule has 3 aliphatic heterocycles. The van der Waals surface area contributed by atoms with Crippen LogP contribution in [-0.4, -0.2) is 120 Å². The summed E-state index contributed by atoms with van der Waals surface area (Å²) in [7, 11) is 9.16. The van der Waals surface area contributed by atoms with Gasteiger partial charge in [0, 0.05) is 39.2 Å². The molecule has 11 heteroatoms. The van der Waals surface area contributed by atoms with Crippen molar-refractivity contribution in [3.05, 3.63) is 23.3 Å². The number of Topliss-reactive ketones (excluding diaryl/α,β-unsaturated/α-hetero) is 1. The van der Waals surface area contributed by atoms with Crippen molar-refractivity contribution in [3.63, 3.8) is 0 Å². The number of likely N-dealkylation sites (N-methyl/N-ethyl adjacent to an activating group) is 1. The highest BCUT2D eigenvalue weighted by molar-refractivity contribution is 5.99. The molecule has 0 unspecified atom stereocenters. The number of fused-ring (bicyclic) bond motifs is 5. The molecule has 0 spiro atoms. The number of cyclic esters (lactones) is 1. The first-order valence-corrected chi connectivity index (χ1v) is 20.4. The van der Waals surface area contributed by atoms with Gasteiger partial charge in [-0.3, -0.25) is 9.59 Å². The van der Waals surface area contributed by atoms with Gasteiger partial charge in [-0.15, -0.1) is 0 Å². The summed E-state index contributed by atoms with van der Waals surface area (Å²) in [5, 5.41) is 0. The molecule has 53 heavy (non-hydrogen) atoms. The van der Waals surface area contributed by atoms with E-state index in [4.69, 9.17) is 37.9 Å². The molecule has 11 nitrogen and oxygen atoms in total. The van der Waals surface area contributed by atoms with E-state index in [2.05, 4.69) is 51.9 Å². The SMILES string of the molecule is CC[C@H]1CCC[C@H](O[C@H]2CC[C@H](N(C)C)[C@@H](C)O2)[C@@H](C)C(=O)C2=C[C@@H]3[C@@H](C=C(C)[C@@H]4C[C@@H](O[C@@H]5O[C@@H](C)[C@H](OC)[C@@H](OC)[C@H]5OC)C[C@@H]34)[C@@H]2CC(=O)O1. The van der Waals surface area contributed by atoms with E-state index in [1.54, 1.807) is 21.3 Å². The maximum absolute atomic E-state index is 14.7. The van der Waals surface area contributed by atoms with Gasteiger partial charge in [0.15, 0.2) is 18.4 Å². The minimum absolute atomic E-state index is 0.0364. The number of allylic oxidation sites excluding steroid dienone is 4. The summed E-state index contributed by atoms with van der Waals surface area (Å²) in [6.07, 6.45) is 8.58. The molecule has 1 saturated carbocycles. The number of methoxy groups -OCH3 is 3. The van der Waals surface area contributed by atoms with Crippen molar-refractivity contribution in [1.82, 2.24) is 4.90 Å². The molecule has 6 aliphatic rings. The van der Waals surface area contributed by atoms with Gasteiger partial charge in [0.25, 0.3) is 0 Å². The molecule has 300 valence electrons. The van der Waals surface area contributed by atoms with E-state index in [-0.39, 0.29) is 96.8 Å². The first-order valence-electron chi connectivity index (χ1n) is 20.4. The van der Waals surface area contributed by atoms with Crippen LogP contribution in [0.25, 0.3) is 0 Å². The summed E-state index contributed by atoms with van der Waals surface area (Å²) in [5.74, 6) is 0.00947. The summed E-state index contributed by atoms with van der Waals surface area (Å²) in [6, 6.07) is 0.337. The average molecular weight is 746 g/mol. The summed E-state index contributed by atoms with van der Waals surface area (Å²) < 4.78 is 49.8. The molecule has 6 rings (SSSR count). The fourth-order valence-corrected chi connectivity index (χ4v) is 10.8. The maximum atomic E-state index is 14.7. The standard InChI is InChI=1S/C42H67NO10/c1-11-26-13-12-14-35(53-37-16-15-34(43(6)7)24(4)49-37)23(3)38(45)33-20-31-29(32(33)21-36(44)51-26)17-22(2)28-18-27(19-30(28)31)52-42-41(48-10)40(47-9)39(46-8)25(5)50-42/h17,20,23-32,34-35,37,39-42H,11-16,18-19,21H2,1-10H3/t23-,24-,25+,26+,27-,28+,29-,30-,31-,32+,34+,35+,37+,39+,40-,41-,42+/m1/s1. The molecule has 4 fully saturated rings. The lowest BCUT2D eigenvalue weighted by atomic mass is 9.67. The van der Waals surface area contributed by atoms with Gasteiger partial charge in [0.05, 0.1) is 30.8 Å². The Morgan fingerprint density at radius 1 is 0.811 bits per heavy atom. The van der Waals surface area contributed by atoms with Gasteiger partial charge in [-0.25, -0.2) is 0 Å². The second-order valence-corrected chi connectivity index (χ2v) is 17.0. The Balaban J connectivity index is 1.23. The van der Waals surface area contributed by atoms with Crippen molar-refractivity contribution in [3.8, 4) is 0 Å². The molecule has 17 atom stereocenters. The van der Waals surface area contributed by atoms with Crippen molar-refractivity contribution in [2.75, 3.05) is 35.4 Å². The highest BCUT2D eigenvalue weighted by Gasteiger charge is 2.53. The van der Waals surface area contributed by atoms with Crippen LogP contribution in [0.2, 0.25) is 0 Å². The number of ether oxygens (including phenoxy) is 8. The van der Waals surface area contributed by atoms with Crippen LogP contribution in [-0.2, 0) is 47.5 Å². The normalized spacial score (nSPS) is 45.3. The molecule has 0 aromatic heterocycles. The monoisotopic (exact) mass is 745 g/mol. The van der Waals surface area contributed by atoms with E-state index in [0.29, 0.717) is 18.4 Å². The van der Waals surface area contributed by atoms with E-state index in [1.165, 1.54) is 5.57 Å². The highest BCUT2D eigenvalue weighted by Crippen LogP contribution is 2.56. The zero-order chi connectivity index (χ0) is 38.1. The second kappa shape index (κ2) is 17.6. The average Bonchev–Trinajstić information content (AvgIpc) is 3.71. The molecule has 0 aromatic rings. The Morgan fingerprint density at radius 2 is 1.55 bits per heavy atom. The van der Waals surface area contributed by atoms with Crippen LogP contribution in [0.1, 0.15) is 92.4 Å². The van der Waals surface area contributed by atoms with Crippen molar-refractivity contribution in [2.24, 2.45) is 35.5 Å². The summed E-state index contributed by atoms with van der Waals surface area (Å²) in [4.78, 5) is 30.5. The van der Waals surface area contributed by atoms with Gasteiger partial charge in [0.1, 0.15) is 24.4 Å². The molecule has 0 radical (unpaired) electrons. The van der Waals surface area contributed by atoms with Gasteiger partial charge in [0.2, 0.25) is 0 Å². The van der Waals surface area contributed by atoms with Crippen molar-refractivity contribution in [2.45, 2.75) is 160 Å². The zero-order valence-electron chi connectivity index (χ0n) is 33.9. The lowest BCUT2D eigenvalue weighted by Gasteiger charge is -2.44. The van der Waals surface area contributed by atoms with Crippen molar-refractivity contribution >= 4 is 11.8 Å². The van der Waals surface area contributed by atoms with Crippen LogP contribution in [0.3, 0.4) is 0 Å². The summed E-state index contributed by atoms with van der Waals surface area (Å²) in [5.41, 5.74) is 2.07. The van der Waals surface area contributed by atoms with E-state index >= 15 is 0 Å². The number of carbonyl (C=O) groups excluding carboxylic acids is 2. The molecule has 0 bridgehead atoms. The number of rotatable bonds is 9. The van der Waals surface area contributed by atoms with Crippen molar-refractivity contribution < 1.29 is 47.5 Å². The van der Waals surface area contributed by atoms with Gasteiger partial charge >= 0.3 is 5.97 Å². The van der Waals surface area contributed by atoms with Gasteiger partial charge in [-0.2, -0.15) is 0 Å². The Bertz CT molecular complexity index is 1330. The van der Waals surface area contributed by atoms with Gasteiger partial charge in [-0.1, -0.05) is 31.6 Å². The highest BCUT2D eigenvalue weighted by atomic mass is 16.7. The summed E-state index contributed by atoms with van der Waals surface area (Å²) in [6.45, 7) is 10.4. The van der Waals surface area contributed by atoms with Crippen LogP contribution >= 0.6 is 0 Å². The number of hydrogen-bond donors (Lipinski definition) is 0. The second-order valence-electron chi connectivity index (χ2n) is 17.0. The third-order valence-electron chi connectivity index (χ3n) is 13.7. The molecule has 0 amide bonds. The third kappa shape index (κ3) is 8.53. The molecule has 3 aliphatic carbocycles. The lowest BCUT2D eigenvalue weighted by Crippen LogP contribution is -2.59. The Hall–Kier alpha value is -1.70. The molecular formula is C42H67NO10. The molecule has 3 heterocycles. The molecular weight excluding hydrogens is 678 g/mol. The third-order valence-corrected chi connectivity index (χ3v) is 13.7. The smallest absolute Gasteiger partial charge is 0.306 e. The van der Waals surface area contributed by atoms with Crippen LogP contribution in [0.4, 0.5) is 0 Å². The van der Waals surface area contributed by atoms with Gasteiger partial charge in [-0.05, 0) is 115 Å². The van der Waals surface area contributed by atoms with Crippen LogP contribution in [0, 0.1) is 35.5 Å². The van der Waals surface area contributed by atoms with Crippen molar-refractivity contribution in [1.29, 1.82) is 0 Å². The first kappa shape index (κ1) is 40.9. The summed E-state index contributed by atoms with van der Waals surface area (Å²) >= 11 is 0. The Morgan fingerprint density at radius 3 is 2.21 bits per heavy atom. The predicted molar refractivity (Wildman–Crippen MR) is 199 cm³/mol. The van der Waals surface area contributed by atoms with Crippen LogP contribution in [0.15, 0.2) is 23.3 Å². The largest absolute Gasteiger partial charge is 0.462 e. The minimum Gasteiger partial charge on any atom is -0.462 e. The molecule has 3 saturated heterocycles. The number of ketones is 1. The van der Waals surface area contributed by atoms with Crippen LogP contribution in [0.5, 0.6) is 0 Å². The van der Waals surface area contributed by atoms with E-state index in [0.717, 1.165) is 50.5 Å². The Labute approximate surface area is 317 Å². The van der Waals surface area contributed by atoms with E-state index in [1.807, 2.05) is 13.8 Å². The zero-order valence-corrected chi connectivity index (χ0v) is 33.9. The Kier molecular flexibility index (Phi) is 13.6. The lowest BCUT2D eigenvalue weighted by molar-refractivity contribution is -0.314. The van der Waals surface area contributed by atoms with Crippen LogP contribution < -0.4 is 0 Å². The van der Waals surface area contributed by atoms with E-state index < -0.39 is 12.4 Å². The molecule has 0 N–H and O–H groups in total. The number of hydrogen-bond acceptors (Lipinski definition) is 11. The topological polar surface area (TPSA) is 111 Å².